The van der Waals surface area contributed by atoms with E-state index in [1.54, 1.807) is 18.8 Å². The van der Waals surface area contributed by atoms with Gasteiger partial charge in [0.15, 0.2) is 0 Å². The summed E-state index contributed by atoms with van der Waals surface area (Å²) in [4.78, 5) is 18.6. The van der Waals surface area contributed by atoms with Crippen molar-refractivity contribution in [2.45, 2.75) is 17.7 Å². The summed E-state index contributed by atoms with van der Waals surface area (Å²) >= 11 is 1.63. The number of fused-ring (bicyclic) bond motifs is 1. The van der Waals surface area contributed by atoms with Crippen molar-refractivity contribution < 1.29 is 9.53 Å². The highest BCUT2D eigenvalue weighted by Gasteiger charge is 2.19. The number of rotatable bonds is 5. The number of nitrogens with zero attached hydrogens (tertiary/aromatic N) is 2. The summed E-state index contributed by atoms with van der Waals surface area (Å²) in [5.74, 6) is -0.153. The van der Waals surface area contributed by atoms with E-state index in [4.69, 9.17) is 0 Å². The van der Waals surface area contributed by atoms with E-state index in [1.165, 1.54) is 23.3 Å². The summed E-state index contributed by atoms with van der Waals surface area (Å²) in [7, 11) is 3.20. The Hall–Kier alpha value is -1.49. The van der Waals surface area contributed by atoms with Crippen LogP contribution in [0.4, 0.5) is 5.69 Å². The molecule has 0 spiro atoms. The first-order chi connectivity index (χ1) is 9.24. The van der Waals surface area contributed by atoms with Gasteiger partial charge in [-0.25, -0.2) is 0 Å². The monoisotopic (exact) mass is 278 g/mol. The first kappa shape index (κ1) is 13.9. The summed E-state index contributed by atoms with van der Waals surface area (Å²) in [6, 6.07) is 6.44. The maximum absolute atomic E-state index is 11.2. The highest BCUT2D eigenvalue weighted by Crippen LogP contribution is 2.31. The molecule has 5 heteroatoms. The number of thioether (sulfide) groups is 1. The Morgan fingerprint density at radius 2 is 2.42 bits per heavy atom. The average Bonchev–Trinajstić information content (AvgIpc) is 2.84. The van der Waals surface area contributed by atoms with Crippen LogP contribution in [0.1, 0.15) is 12.0 Å². The van der Waals surface area contributed by atoms with Crippen molar-refractivity contribution in [1.82, 2.24) is 0 Å². The molecule has 0 radical (unpaired) electrons. The zero-order chi connectivity index (χ0) is 13.7. The molecule has 0 bridgehead atoms. The van der Waals surface area contributed by atoms with Crippen molar-refractivity contribution in [3.63, 3.8) is 0 Å². The molecule has 0 aromatic heterocycles. The lowest BCUT2D eigenvalue weighted by molar-refractivity contribution is -0.140. The smallest absolute Gasteiger partial charge is 0.307 e. The third-order valence-corrected chi connectivity index (χ3v) is 3.99. The number of benzene rings is 1. The van der Waals surface area contributed by atoms with E-state index in [0.717, 1.165) is 19.5 Å². The third kappa shape index (κ3) is 3.50. The molecular formula is C14H18N2O2S. The standard InChI is InChI=1S/C14H18N2O2S/c1-15-10-19-12-3-4-13-11(9-12)5-7-16(13)8-6-14(17)18-2/h3-4,9-10H,5-8H2,1-2H3. The highest BCUT2D eigenvalue weighted by molar-refractivity contribution is 8.12. The van der Waals surface area contributed by atoms with Gasteiger partial charge in [0.05, 0.1) is 19.1 Å². The van der Waals surface area contributed by atoms with Crippen LogP contribution in [-0.4, -0.2) is 38.8 Å². The summed E-state index contributed by atoms with van der Waals surface area (Å²) in [6.07, 6.45) is 1.48. The van der Waals surface area contributed by atoms with E-state index < -0.39 is 0 Å². The second-order valence-electron chi connectivity index (χ2n) is 4.34. The molecule has 0 saturated heterocycles. The van der Waals surface area contributed by atoms with E-state index in [0.29, 0.717) is 6.42 Å². The minimum absolute atomic E-state index is 0.153. The van der Waals surface area contributed by atoms with Crippen LogP contribution >= 0.6 is 11.8 Å². The molecular weight excluding hydrogens is 260 g/mol. The summed E-state index contributed by atoms with van der Waals surface area (Å²) in [5.41, 5.74) is 4.42. The molecule has 2 rings (SSSR count). The Kier molecular flexibility index (Phi) is 4.85. The van der Waals surface area contributed by atoms with Crippen LogP contribution in [-0.2, 0) is 16.0 Å². The largest absolute Gasteiger partial charge is 0.469 e. The lowest BCUT2D eigenvalue weighted by Gasteiger charge is -2.18. The second kappa shape index (κ2) is 6.61. The van der Waals surface area contributed by atoms with Crippen LogP contribution < -0.4 is 4.90 Å². The zero-order valence-electron chi connectivity index (χ0n) is 11.3. The molecule has 0 aliphatic carbocycles. The fourth-order valence-electron chi connectivity index (χ4n) is 2.19. The van der Waals surface area contributed by atoms with Crippen molar-refractivity contribution in [2.75, 3.05) is 32.1 Å². The number of esters is 1. The molecule has 1 aromatic rings. The Bertz CT molecular complexity index is 488. The number of hydrogen-bond acceptors (Lipinski definition) is 5. The maximum atomic E-state index is 11.2. The van der Waals surface area contributed by atoms with E-state index in [9.17, 15) is 4.79 Å². The van der Waals surface area contributed by atoms with Crippen LogP contribution in [0.15, 0.2) is 28.1 Å². The average molecular weight is 278 g/mol. The molecule has 19 heavy (non-hydrogen) atoms. The van der Waals surface area contributed by atoms with Crippen LogP contribution in [0.25, 0.3) is 0 Å². The molecule has 0 fully saturated rings. The number of hydrogen-bond donors (Lipinski definition) is 0. The van der Waals surface area contributed by atoms with E-state index >= 15 is 0 Å². The minimum atomic E-state index is -0.153. The molecule has 0 atom stereocenters. The second-order valence-corrected chi connectivity index (χ2v) is 5.25. The van der Waals surface area contributed by atoms with Crippen molar-refractivity contribution in [3.05, 3.63) is 23.8 Å². The van der Waals surface area contributed by atoms with Crippen molar-refractivity contribution >= 4 is 29.0 Å². The van der Waals surface area contributed by atoms with Crippen LogP contribution in [0.2, 0.25) is 0 Å². The number of methoxy groups -OCH3 is 1. The third-order valence-electron chi connectivity index (χ3n) is 3.15. The Morgan fingerprint density at radius 3 is 3.16 bits per heavy atom. The van der Waals surface area contributed by atoms with Gasteiger partial charge in [0.1, 0.15) is 0 Å². The first-order valence-corrected chi connectivity index (χ1v) is 7.14. The first-order valence-electron chi connectivity index (χ1n) is 6.26. The van der Waals surface area contributed by atoms with Crippen molar-refractivity contribution in [1.29, 1.82) is 0 Å². The molecule has 1 aliphatic heterocycles. The molecule has 0 amide bonds. The van der Waals surface area contributed by atoms with Gasteiger partial charge in [-0.3, -0.25) is 9.79 Å². The molecule has 0 saturated carbocycles. The zero-order valence-corrected chi connectivity index (χ0v) is 12.1. The van der Waals surface area contributed by atoms with Crippen LogP contribution in [0, 0.1) is 0 Å². The molecule has 1 aromatic carbocycles. The number of carbonyl (C=O) groups is 1. The molecule has 4 nitrogen and oxygen atoms in total. The maximum Gasteiger partial charge on any atom is 0.307 e. The topological polar surface area (TPSA) is 41.9 Å². The van der Waals surface area contributed by atoms with Gasteiger partial charge in [-0.05, 0) is 30.2 Å². The SMILES string of the molecule is CN=CSc1ccc2c(c1)CCN2CCC(=O)OC. The van der Waals surface area contributed by atoms with Gasteiger partial charge < -0.3 is 9.64 Å². The lowest BCUT2D eigenvalue weighted by Crippen LogP contribution is -2.24. The van der Waals surface area contributed by atoms with Gasteiger partial charge in [0.2, 0.25) is 0 Å². The van der Waals surface area contributed by atoms with Gasteiger partial charge >= 0.3 is 5.97 Å². The number of aliphatic imine (C=N–C) groups is 1. The Balaban J connectivity index is 2.02. The van der Waals surface area contributed by atoms with Crippen molar-refractivity contribution in [3.8, 4) is 0 Å². The predicted molar refractivity (Wildman–Crippen MR) is 79.3 cm³/mol. The molecule has 102 valence electrons. The summed E-state index contributed by atoms with van der Waals surface area (Å²) < 4.78 is 4.68. The van der Waals surface area contributed by atoms with E-state index in [-0.39, 0.29) is 5.97 Å². The van der Waals surface area contributed by atoms with Crippen molar-refractivity contribution in [2.24, 2.45) is 4.99 Å². The lowest BCUT2D eigenvalue weighted by atomic mass is 10.2. The van der Waals surface area contributed by atoms with Crippen LogP contribution in [0.3, 0.4) is 0 Å². The highest BCUT2D eigenvalue weighted by atomic mass is 32.2. The number of ether oxygens (including phenoxy) is 1. The predicted octanol–water partition coefficient (Wildman–Crippen LogP) is 2.36. The fraction of sp³-hybridized carbons (Fsp3) is 0.429. The number of anilines is 1. The van der Waals surface area contributed by atoms with Gasteiger partial charge in [-0.2, -0.15) is 0 Å². The van der Waals surface area contributed by atoms with E-state index in [1.807, 2.05) is 5.55 Å². The Morgan fingerprint density at radius 1 is 1.58 bits per heavy atom. The van der Waals surface area contributed by atoms with Gasteiger partial charge in [-0.15, -0.1) is 0 Å². The Labute approximate surface area is 117 Å². The summed E-state index contributed by atoms with van der Waals surface area (Å²) in [5, 5.41) is 0. The normalized spacial score (nSPS) is 13.9. The van der Waals surface area contributed by atoms with Gasteiger partial charge in [0.25, 0.3) is 0 Å². The fourth-order valence-corrected chi connectivity index (χ4v) is 2.78. The molecule has 1 heterocycles. The van der Waals surface area contributed by atoms with Crippen LogP contribution in [0.5, 0.6) is 0 Å². The van der Waals surface area contributed by atoms with Gasteiger partial charge in [-0.1, -0.05) is 11.8 Å². The van der Waals surface area contributed by atoms with E-state index in [2.05, 4.69) is 32.8 Å². The quantitative estimate of drug-likeness (QED) is 0.359. The summed E-state index contributed by atoms with van der Waals surface area (Å²) in [6.45, 7) is 1.70. The molecule has 0 unspecified atom stereocenters. The molecule has 0 N–H and O–H groups in total. The van der Waals surface area contributed by atoms with Gasteiger partial charge in [0, 0.05) is 30.7 Å². The minimum Gasteiger partial charge on any atom is -0.469 e. The molecule has 1 aliphatic rings. The number of carbonyl (C=O) groups excluding carboxylic acids is 1.